The fourth-order valence-corrected chi connectivity index (χ4v) is 12.6. The fraction of sp³-hybridized carbons (Fsp3) is 0.545. The first-order chi connectivity index (χ1) is 42.8. The molecule has 0 radical (unpaired) electrons. The van der Waals surface area contributed by atoms with Crippen molar-refractivity contribution in [2.45, 2.75) is 120 Å². The molecule has 9 heterocycles. The minimum absolute atomic E-state index is 0.0256. The van der Waals surface area contributed by atoms with E-state index in [1.807, 2.05) is 100 Å². The van der Waals surface area contributed by atoms with Gasteiger partial charge in [0.05, 0.1) is 51.0 Å². The van der Waals surface area contributed by atoms with Crippen LogP contribution >= 0.6 is 0 Å². The summed E-state index contributed by atoms with van der Waals surface area (Å²) in [5.74, 6) is 3.05. The first kappa shape index (κ1) is 65.4. The number of aromatic amines is 3. The molecule has 3 amide bonds. The number of nitrogens with one attached hydrogen (secondary N) is 3. The van der Waals surface area contributed by atoms with Crippen LogP contribution in [0.25, 0.3) is 5.69 Å². The van der Waals surface area contributed by atoms with Gasteiger partial charge in [0.2, 0.25) is 35.6 Å². The van der Waals surface area contributed by atoms with Crippen LogP contribution in [0.1, 0.15) is 107 Å². The largest absolute Gasteiger partial charge is 0.378 e. The Morgan fingerprint density at radius 2 is 1.00 bits per heavy atom. The quantitative estimate of drug-likeness (QED) is 0.116. The van der Waals surface area contributed by atoms with Crippen LogP contribution in [0.15, 0.2) is 62.9 Å². The molecule has 2 unspecified atom stereocenters. The van der Waals surface area contributed by atoms with Crippen molar-refractivity contribution in [1.82, 2.24) is 54.4 Å². The number of H-pyrrole nitrogens is 3. The molecule has 2 atom stereocenters. The van der Waals surface area contributed by atoms with Crippen LogP contribution in [0.2, 0.25) is 0 Å². The van der Waals surface area contributed by atoms with Crippen molar-refractivity contribution in [1.29, 1.82) is 0 Å². The van der Waals surface area contributed by atoms with E-state index in [-0.39, 0.29) is 40.8 Å². The Balaban J connectivity index is 0.000000160. The van der Waals surface area contributed by atoms with Crippen molar-refractivity contribution in [2.24, 2.45) is 11.8 Å². The standard InChI is InChI=1S/C25H32N6O3.C22H28N4O3.C19H30N4O3/c1-17-21(24(33)27-25(26-17)30-12-14-34-15-13-30)10-11-23(32)29(4)16-22-18(2)28-31(19(22)3)20-8-6-5-7-9-20;1-15-4-3-5-17-14-26(9-8-18(15)17)20(27)7-6-19-16(2)23-22(24-21(19)28)25-10-12-29-13-11-25;1-13-10-14(2)12-23(11-13)17(24)5-4-16-15(3)20-19(21-18(16)25)22-6-8-26-9-7-22/h5-9H,10-16H2,1-4H3,(H,26,27,33);3-5H,6-14H2,1-2H3,(H,23,24,28);13-14H,4-12H2,1-3H3,(H,20,21,25). The zero-order valence-electron chi connectivity index (χ0n) is 53.5. The molecule has 2 aromatic carbocycles. The first-order valence-corrected chi connectivity index (χ1v) is 31.6. The Hall–Kier alpha value is -8.02. The highest BCUT2D eigenvalue weighted by Gasteiger charge is 2.28. The lowest BCUT2D eigenvalue weighted by molar-refractivity contribution is -0.134. The summed E-state index contributed by atoms with van der Waals surface area (Å²) in [7, 11) is 1.79. The van der Waals surface area contributed by atoms with Gasteiger partial charge in [-0.05, 0) is 114 Å². The van der Waals surface area contributed by atoms with Crippen LogP contribution < -0.4 is 31.4 Å². The average Bonchev–Trinajstić information content (AvgIpc) is 2.37. The van der Waals surface area contributed by atoms with Gasteiger partial charge in [0.25, 0.3) is 16.7 Å². The monoisotopic (exact) mass is 1220 g/mol. The highest BCUT2D eigenvalue weighted by atomic mass is 16.5. The zero-order valence-corrected chi connectivity index (χ0v) is 53.5. The van der Waals surface area contributed by atoms with Crippen LogP contribution in [-0.4, -0.2) is 178 Å². The van der Waals surface area contributed by atoms with E-state index in [1.165, 1.54) is 23.1 Å². The highest BCUT2D eigenvalue weighted by Crippen LogP contribution is 2.25. The number of morpholine rings is 3. The number of carbonyl (C=O) groups excluding carboxylic acids is 3. The third kappa shape index (κ3) is 16.8. The summed E-state index contributed by atoms with van der Waals surface area (Å²) in [4.78, 5) is 110. The zero-order chi connectivity index (χ0) is 63.3. The third-order valence-electron chi connectivity index (χ3n) is 17.7. The predicted octanol–water partition coefficient (Wildman–Crippen LogP) is 5.40. The summed E-state index contributed by atoms with van der Waals surface area (Å²) < 4.78 is 18.0. The topological polar surface area (TPSA) is 253 Å². The summed E-state index contributed by atoms with van der Waals surface area (Å²) in [5.41, 5.74) is 11.2. The second-order valence-electron chi connectivity index (χ2n) is 24.3. The van der Waals surface area contributed by atoms with E-state index in [1.54, 1.807) is 11.9 Å². The Kier molecular flexibility index (Phi) is 22.4. The highest BCUT2D eigenvalue weighted by molar-refractivity contribution is 5.78. The maximum atomic E-state index is 12.9. The molecular weight excluding hydrogens is 1130 g/mol. The molecule has 4 aromatic heterocycles. The number of carbonyl (C=O) groups is 3. The number of anilines is 3. The van der Waals surface area contributed by atoms with Gasteiger partial charge in [0, 0.05) is 143 Å². The molecule has 5 aliphatic heterocycles. The molecular formula is C66H90N14O9. The molecule has 478 valence electrons. The summed E-state index contributed by atoms with van der Waals surface area (Å²) in [6.45, 7) is 27.6. The van der Waals surface area contributed by atoms with Crippen molar-refractivity contribution in [3.63, 3.8) is 0 Å². The number of hydrogen-bond acceptors (Lipinski definition) is 16. The van der Waals surface area contributed by atoms with E-state index in [0.717, 1.165) is 74.9 Å². The van der Waals surface area contributed by atoms with E-state index in [9.17, 15) is 28.8 Å². The molecule has 11 rings (SSSR count). The molecule has 23 heteroatoms. The Labute approximate surface area is 521 Å². The number of nitrogens with zero attached hydrogens (tertiary/aromatic N) is 11. The summed E-state index contributed by atoms with van der Waals surface area (Å²) >= 11 is 0. The van der Waals surface area contributed by atoms with Crippen molar-refractivity contribution in [3.05, 3.63) is 147 Å². The van der Waals surface area contributed by atoms with E-state index in [4.69, 9.17) is 14.2 Å². The molecule has 0 bridgehead atoms. The van der Waals surface area contributed by atoms with Gasteiger partial charge < -0.3 is 43.6 Å². The van der Waals surface area contributed by atoms with Crippen LogP contribution in [0.5, 0.6) is 0 Å². The van der Waals surface area contributed by atoms with Gasteiger partial charge in [-0.1, -0.05) is 50.2 Å². The normalized spacial score (nSPS) is 17.7. The number of aryl methyl sites for hydroxylation is 5. The molecule has 0 saturated carbocycles. The Bertz CT molecular complexity index is 3590. The number of amides is 3. The van der Waals surface area contributed by atoms with Crippen molar-refractivity contribution >= 4 is 35.6 Å². The lowest BCUT2D eigenvalue weighted by Gasteiger charge is -2.35. The third-order valence-corrected chi connectivity index (χ3v) is 17.7. The number of likely N-dealkylation sites (tertiary alicyclic amines) is 1. The predicted molar refractivity (Wildman–Crippen MR) is 342 cm³/mol. The molecule has 89 heavy (non-hydrogen) atoms. The lowest BCUT2D eigenvalue weighted by Crippen LogP contribution is -2.42. The number of rotatable bonds is 15. The maximum absolute atomic E-state index is 12.9. The van der Waals surface area contributed by atoms with Gasteiger partial charge in [-0.15, -0.1) is 0 Å². The molecule has 23 nitrogen and oxygen atoms in total. The molecule has 0 aliphatic carbocycles. The lowest BCUT2D eigenvalue weighted by atomic mass is 9.91. The molecule has 6 aromatic rings. The Morgan fingerprint density at radius 1 is 0.551 bits per heavy atom. The molecule has 3 N–H and O–H groups in total. The van der Waals surface area contributed by atoms with E-state index >= 15 is 0 Å². The molecule has 5 aliphatic rings. The second kappa shape index (κ2) is 30.5. The molecule has 4 fully saturated rings. The van der Waals surface area contributed by atoms with Crippen LogP contribution in [0.3, 0.4) is 0 Å². The van der Waals surface area contributed by atoms with E-state index < -0.39 is 0 Å². The number of fused-ring (bicyclic) bond motifs is 1. The van der Waals surface area contributed by atoms with E-state index in [0.29, 0.717) is 161 Å². The average molecular weight is 1220 g/mol. The minimum atomic E-state index is -0.180. The number of ether oxygens (including phenoxy) is 3. The summed E-state index contributed by atoms with van der Waals surface area (Å²) in [6, 6.07) is 16.2. The van der Waals surface area contributed by atoms with Gasteiger partial charge in [-0.3, -0.25) is 43.7 Å². The number of piperidine rings is 1. The smallest absolute Gasteiger partial charge is 0.255 e. The summed E-state index contributed by atoms with van der Waals surface area (Å²) in [5, 5.41) is 4.67. The number of benzene rings is 2. The van der Waals surface area contributed by atoms with Crippen LogP contribution in [0.4, 0.5) is 17.8 Å². The van der Waals surface area contributed by atoms with Crippen LogP contribution in [-0.2, 0) is 67.4 Å². The van der Waals surface area contributed by atoms with Gasteiger partial charge in [-0.2, -0.15) is 5.10 Å². The van der Waals surface area contributed by atoms with Gasteiger partial charge in [0.15, 0.2) is 0 Å². The van der Waals surface area contributed by atoms with Gasteiger partial charge >= 0.3 is 0 Å². The molecule has 4 saturated heterocycles. The minimum Gasteiger partial charge on any atom is -0.378 e. The fourth-order valence-electron chi connectivity index (χ4n) is 12.6. The molecule has 0 spiro atoms. The Morgan fingerprint density at radius 3 is 1.46 bits per heavy atom. The van der Waals surface area contributed by atoms with Crippen molar-refractivity contribution in [3.8, 4) is 5.69 Å². The van der Waals surface area contributed by atoms with Gasteiger partial charge in [-0.25, -0.2) is 19.6 Å². The summed E-state index contributed by atoms with van der Waals surface area (Å²) in [6.07, 6.45) is 4.19. The second-order valence-corrected chi connectivity index (χ2v) is 24.3. The number of aromatic nitrogens is 8. The number of hydrogen-bond donors (Lipinski definition) is 3. The van der Waals surface area contributed by atoms with E-state index in [2.05, 4.69) is 67.9 Å². The van der Waals surface area contributed by atoms with Crippen LogP contribution in [0, 0.1) is 53.4 Å². The number of para-hydroxylation sites is 1. The maximum Gasteiger partial charge on any atom is 0.255 e. The van der Waals surface area contributed by atoms with Crippen molar-refractivity contribution < 1.29 is 28.6 Å². The first-order valence-electron chi connectivity index (χ1n) is 31.6. The SMILES string of the molecule is Cc1cccc2c1CCN(C(=O)CCc1c(C)nc(N3CCOCC3)[nH]c1=O)C2.Cc1nc(N2CCOCC2)[nH]c(=O)c1CCC(=O)N1CC(C)CC(C)C1.Cc1nn(-c2ccccc2)c(C)c1CN(C)C(=O)CCc1c(C)nc(N2CCOCC2)[nH]c1=O. The van der Waals surface area contributed by atoms with Gasteiger partial charge in [0.1, 0.15) is 0 Å². The van der Waals surface area contributed by atoms with Crippen molar-refractivity contribution in [2.75, 3.05) is 120 Å².